The fourth-order valence-corrected chi connectivity index (χ4v) is 4.25. The van der Waals surface area contributed by atoms with Crippen molar-refractivity contribution in [2.24, 2.45) is 0 Å². The zero-order valence-corrected chi connectivity index (χ0v) is 16.0. The second-order valence-electron chi connectivity index (χ2n) is 6.75. The first-order valence-corrected chi connectivity index (χ1v) is 10.4. The number of aromatic amines is 1. The first-order chi connectivity index (χ1) is 12.7. The Bertz CT molecular complexity index is 949. The number of carbonyl (C=O) groups is 1. The molecule has 1 aliphatic rings. The summed E-state index contributed by atoms with van der Waals surface area (Å²) in [5.41, 5.74) is 5.49. The number of hydrogen-bond acceptors (Lipinski definition) is 3. The highest BCUT2D eigenvalue weighted by Crippen LogP contribution is 2.38. The van der Waals surface area contributed by atoms with Crippen LogP contribution in [-0.4, -0.2) is 39.3 Å². The molecule has 0 aliphatic carbocycles. The van der Waals surface area contributed by atoms with Gasteiger partial charge in [-0.1, -0.05) is 24.3 Å². The van der Waals surface area contributed by atoms with Gasteiger partial charge in [0.05, 0.1) is 5.69 Å². The molecule has 26 heavy (non-hydrogen) atoms. The summed E-state index contributed by atoms with van der Waals surface area (Å²) in [7, 11) is 0. The van der Waals surface area contributed by atoms with Crippen molar-refractivity contribution in [3.05, 3.63) is 65.1 Å². The van der Waals surface area contributed by atoms with E-state index >= 15 is 0 Å². The summed E-state index contributed by atoms with van der Waals surface area (Å²) in [5.74, 6) is 1.06. The highest BCUT2D eigenvalue weighted by Gasteiger charge is 2.34. The number of nitrogens with one attached hydrogen (secondary N) is 1. The molecule has 2 aromatic heterocycles. The van der Waals surface area contributed by atoms with Gasteiger partial charge >= 0.3 is 0 Å². The second-order valence-corrected chi connectivity index (χ2v) is 7.73. The molecule has 0 saturated carbocycles. The quantitative estimate of drug-likeness (QED) is 0.757. The van der Waals surface area contributed by atoms with E-state index in [1.54, 1.807) is 11.8 Å². The molecule has 134 valence electrons. The largest absolute Gasteiger partial charge is 0.356 e. The normalized spacial score (nSPS) is 16.7. The van der Waals surface area contributed by atoms with E-state index < -0.39 is 0 Å². The van der Waals surface area contributed by atoms with Crippen LogP contribution >= 0.6 is 11.8 Å². The van der Waals surface area contributed by atoms with Crippen molar-refractivity contribution in [3.8, 4) is 0 Å². The highest BCUT2D eigenvalue weighted by atomic mass is 32.2. The molecule has 0 fully saturated rings. The Balaban J connectivity index is 1.83. The predicted octanol–water partition coefficient (Wildman–Crippen LogP) is 4.10. The molecule has 4 rings (SSSR count). The maximum atomic E-state index is 12.9. The molecular weight excluding hydrogens is 342 g/mol. The lowest BCUT2D eigenvalue weighted by Gasteiger charge is -2.35. The van der Waals surface area contributed by atoms with Crippen LogP contribution in [0.3, 0.4) is 0 Å². The SMILES string of the molecule is CSCCC(=O)N1CCc2c([nH]c3ccccc23)C1c1cccc(C)n1. The lowest BCUT2D eigenvalue weighted by atomic mass is 9.94. The van der Waals surface area contributed by atoms with Gasteiger partial charge in [0.2, 0.25) is 5.91 Å². The van der Waals surface area contributed by atoms with E-state index in [1.165, 1.54) is 10.9 Å². The van der Waals surface area contributed by atoms with Crippen LogP contribution in [-0.2, 0) is 11.2 Å². The molecule has 0 radical (unpaired) electrons. The summed E-state index contributed by atoms with van der Waals surface area (Å²) in [6.45, 7) is 2.74. The number of benzene rings is 1. The summed E-state index contributed by atoms with van der Waals surface area (Å²) >= 11 is 1.71. The van der Waals surface area contributed by atoms with Crippen molar-refractivity contribution in [2.75, 3.05) is 18.6 Å². The molecule has 5 heteroatoms. The molecule has 0 saturated heterocycles. The van der Waals surface area contributed by atoms with Gasteiger partial charge in [-0.2, -0.15) is 11.8 Å². The van der Waals surface area contributed by atoms with E-state index in [4.69, 9.17) is 4.98 Å². The Morgan fingerprint density at radius 3 is 2.92 bits per heavy atom. The molecule has 4 nitrogen and oxygen atoms in total. The minimum atomic E-state index is -0.139. The summed E-state index contributed by atoms with van der Waals surface area (Å²) in [4.78, 5) is 23.3. The van der Waals surface area contributed by atoms with Crippen molar-refractivity contribution >= 4 is 28.6 Å². The first kappa shape index (κ1) is 17.2. The van der Waals surface area contributed by atoms with Crippen molar-refractivity contribution in [3.63, 3.8) is 0 Å². The van der Waals surface area contributed by atoms with Crippen LogP contribution in [0.15, 0.2) is 42.5 Å². The maximum absolute atomic E-state index is 12.9. The van der Waals surface area contributed by atoms with Crippen molar-refractivity contribution in [2.45, 2.75) is 25.8 Å². The maximum Gasteiger partial charge on any atom is 0.224 e. The molecule has 1 aliphatic heterocycles. The Morgan fingerprint density at radius 1 is 1.27 bits per heavy atom. The van der Waals surface area contributed by atoms with Gasteiger partial charge in [0.1, 0.15) is 6.04 Å². The van der Waals surface area contributed by atoms with E-state index in [0.29, 0.717) is 6.42 Å². The van der Waals surface area contributed by atoms with Crippen LogP contribution in [0.4, 0.5) is 0 Å². The van der Waals surface area contributed by atoms with E-state index in [1.807, 2.05) is 42.3 Å². The van der Waals surface area contributed by atoms with E-state index in [0.717, 1.165) is 41.3 Å². The van der Waals surface area contributed by atoms with Crippen LogP contribution < -0.4 is 0 Å². The molecule has 3 heterocycles. The Morgan fingerprint density at radius 2 is 2.12 bits per heavy atom. The third kappa shape index (κ3) is 3.01. The number of aryl methyl sites for hydroxylation is 1. The van der Waals surface area contributed by atoms with E-state index in [2.05, 4.69) is 23.2 Å². The molecule has 0 spiro atoms. The zero-order chi connectivity index (χ0) is 18.1. The van der Waals surface area contributed by atoms with E-state index in [9.17, 15) is 4.79 Å². The molecule has 3 aromatic rings. The number of carbonyl (C=O) groups excluding carboxylic acids is 1. The number of para-hydroxylation sites is 1. The molecule has 1 aromatic carbocycles. The van der Waals surface area contributed by atoms with Gasteiger partial charge in [0, 0.05) is 41.0 Å². The van der Waals surface area contributed by atoms with Crippen LogP contribution in [0, 0.1) is 6.92 Å². The number of amides is 1. The number of nitrogens with zero attached hydrogens (tertiary/aromatic N) is 2. The topological polar surface area (TPSA) is 49.0 Å². The Kier molecular flexibility index (Phi) is 4.72. The van der Waals surface area contributed by atoms with Gasteiger partial charge in [-0.25, -0.2) is 0 Å². The van der Waals surface area contributed by atoms with Gasteiger partial charge in [-0.15, -0.1) is 0 Å². The molecule has 1 amide bonds. The summed E-state index contributed by atoms with van der Waals surface area (Å²) in [6, 6.07) is 14.3. The van der Waals surface area contributed by atoms with Gasteiger partial charge in [0.15, 0.2) is 0 Å². The van der Waals surface area contributed by atoms with Gasteiger partial charge < -0.3 is 9.88 Å². The van der Waals surface area contributed by atoms with Crippen LogP contribution in [0.1, 0.15) is 35.1 Å². The molecular formula is C21H23N3OS. The number of fused-ring (bicyclic) bond motifs is 3. The predicted molar refractivity (Wildman–Crippen MR) is 108 cm³/mol. The smallest absolute Gasteiger partial charge is 0.224 e. The fourth-order valence-electron chi connectivity index (χ4n) is 3.87. The second kappa shape index (κ2) is 7.16. The lowest BCUT2D eigenvalue weighted by Crippen LogP contribution is -2.41. The Hall–Kier alpha value is -2.27. The van der Waals surface area contributed by atoms with Crippen molar-refractivity contribution in [1.29, 1.82) is 0 Å². The number of hydrogen-bond donors (Lipinski definition) is 1. The number of thioether (sulfide) groups is 1. The minimum absolute atomic E-state index is 0.139. The summed E-state index contributed by atoms with van der Waals surface area (Å²) < 4.78 is 0. The lowest BCUT2D eigenvalue weighted by molar-refractivity contribution is -0.133. The third-order valence-electron chi connectivity index (χ3n) is 5.06. The van der Waals surface area contributed by atoms with Gasteiger partial charge in [0.25, 0.3) is 0 Å². The number of aromatic nitrogens is 2. The van der Waals surface area contributed by atoms with E-state index in [-0.39, 0.29) is 11.9 Å². The number of rotatable bonds is 4. The highest BCUT2D eigenvalue weighted by molar-refractivity contribution is 7.98. The van der Waals surface area contributed by atoms with Gasteiger partial charge in [-0.3, -0.25) is 9.78 Å². The van der Waals surface area contributed by atoms with Crippen LogP contribution in [0.25, 0.3) is 10.9 Å². The number of pyridine rings is 1. The third-order valence-corrected chi connectivity index (χ3v) is 5.68. The monoisotopic (exact) mass is 365 g/mol. The Labute approximate surface area is 158 Å². The average molecular weight is 366 g/mol. The standard InChI is InChI=1S/C21H23N3OS/c1-14-6-5-9-18(22-14)21-20-16(15-7-3-4-8-17(15)23-20)10-12-24(21)19(25)11-13-26-2/h3-9,21,23H,10-13H2,1-2H3. The number of H-pyrrole nitrogens is 1. The molecule has 1 atom stereocenters. The van der Waals surface area contributed by atoms with Crippen molar-refractivity contribution < 1.29 is 4.79 Å². The fraction of sp³-hybridized carbons (Fsp3) is 0.333. The molecule has 0 bridgehead atoms. The molecule has 1 unspecified atom stereocenters. The van der Waals surface area contributed by atoms with Crippen molar-refractivity contribution in [1.82, 2.24) is 14.9 Å². The average Bonchev–Trinajstić information content (AvgIpc) is 3.04. The summed E-state index contributed by atoms with van der Waals surface area (Å²) in [5, 5.41) is 1.26. The summed E-state index contributed by atoms with van der Waals surface area (Å²) in [6.07, 6.45) is 3.49. The van der Waals surface area contributed by atoms with Crippen LogP contribution in [0.2, 0.25) is 0 Å². The first-order valence-electron chi connectivity index (χ1n) is 9.00. The molecule has 1 N–H and O–H groups in total. The zero-order valence-electron chi connectivity index (χ0n) is 15.2. The van der Waals surface area contributed by atoms with Crippen LogP contribution in [0.5, 0.6) is 0 Å². The van der Waals surface area contributed by atoms with Gasteiger partial charge in [-0.05, 0) is 43.4 Å². The minimum Gasteiger partial charge on any atom is -0.356 e.